The van der Waals surface area contributed by atoms with Crippen LogP contribution in [0.3, 0.4) is 0 Å². The monoisotopic (exact) mass is 419 g/mol. The fourth-order valence-electron chi connectivity index (χ4n) is 1.45. The molecule has 0 aromatic heterocycles. The Morgan fingerprint density at radius 2 is 1.14 bits per heavy atom. The molecule has 0 unspecified atom stereocenters. The van der Waals surface area contributed by atoms with E-state index in [0.717, 1.165) is 8.95 Å². The summed E-state index contributed by atoms with van der Waals surface area (Å²) in [5.41, 5.74) is 1.10. The van der Waals surface area contributed by atoms with Crippen molar-refractivity contribution in [1.29, 1.82) is 0 Å². The molecular formula is C14H10Br2N2NaO2+. The molecule has 0 fully saturated rings. The Hall–Kier alpha value is -0.660. The van der Waals surface area contributed by atoms with E-state index in [1.165, 1.54) is 12.4 Å². The Morgan fingerprint density at radius 1 is 0.762 bits per heavy atom. The number of hydrogen-bond donors (Lipinski definition) is 2. The molecule has 2 aromatic carbocycles. The summed E-state index contributed by atoms with van der Waals surface area (Å²) in [5, 5.41) is 26.9. The van der Waals surface area contributed by atoms with E-state index in [2.05, 4.69) is 42.1 Å². The predicted molar refractivity (Wildman–Crippen MR) is 86.8 cm³/mol. The maximum absolute atomic E-state index is 9.62. The number of benzene rings is 2. The maximum Gasteiger partial charge on any atom is 1.00 e. The van der Waals surface area contributed by atoms with Crippen molar-refractivity contribution in [2.45, 2.75) is 0 Å². The molecule has 2 rings (SSSR count). The molecule has 0 spiro atoms. The van der Waals surface area contributed by atoms with Gasteiger partial charge in [-0.25, -0.2) is 0 Å². The van der Waals surface area contributed by atoms with Gasteiger partial charge in [0.1, 0.15) is 11.5 Å². The van der Waals surface area contributed by atoms with Crippen molar-refractivity contribution in [3.8, 4) is 11.5 Å². The molecule has 2 N–H and O–H groups in total. The second-order valence-electron chi connectivity index (χ2n) is 3.90. The van der Waals surface area contributed by atoms with E-state index >= 15 is 0 Å². The number of halogens is 2. The van der Waals surface area contributed by atoms with Crippen LogP contribution in [0.1, 0.15) is 11.1 Å². The minimum atomic E-state index is 0. The molecule has 0 radical (unpaired) electrons. The van der Waals surface area contributed by atoms with Gasteiger partial charge >= 0.3 is 29.6 Å². The standard InChI is InChI=1S/C14H10Br2N2O2.Na/c15-11-1-3-13(19)9(5-11)7-17-18-8-10-6-12(16)2-4-14(10)20;/h1-8,19-20H;/q;+1/b17-7-,18-8+;. The molecule has 0 aliphatic heterocycles. The summed E-state index contributed by atoms with van der Waals surface area (Å²) in [5.74, 6) is 0.245. The SMILES string of the molecule is Oc1ccc(Br)cc1/C=N\N=C\c1cc(Br)ccc1O.[Na+]. The summed E-state index contributed by atoms with van der Waals surface area (Å²) < 4.78 is 1.68. The Balaban J connectivity index is 0.00000220. The first-order valence-electron chi connectivity index (χ1n) is 5.59. The number of nitrogens with zero attached hydrogens (tertiary/aromatic N) is 2. The summed E-state index contributed by atoms with van der Waals surface area (Å²) in [6.07, 6.45) is 2.87. The van der Waals surface area contributed by atoms with Gasteiger partial charge in [0.2, 0.25) is 0 Å². The first-order chi connectivity index (χ1) is 9.56. The second-order valence-corrected chi connectivity index (χ2v) is 5.73. The molecule has 0 aliphatic carbocycles. The Morgan fingerprint density at radius 3 is 1.52 bits per heavy atom. The van der Waals surface area contributed by atoms with Crippen molar-refractivity contribution in [3.05, 3.63) is 56.5 Å². The van der Waals surface area contributed by atoms with Crippen LogP contribution in [0.25, 0.3) is 0 Å². The third-order valence-corrected chi connectivity index (χ3v) is 3.43. The van der Waals surface area contributed by atoms with E-state index in [0.29, 0.717) is 11.1 Å². The molecule has 4 nitrogen and oxygen atoms in total. The summed E-state index contributed by atoms with van der Waals surface area (Å²) in [6, 6.07) is 10.0. The number of phenolic OH excluding ortho intramolecular Hbond substituents is 2. The normalized spacial score (nSPS) is 11.0. The van der Waals surface area contributed by atoms with Crippen LogP contribution in [-0.2, 0) is 0 Å². The fourth-order valence-corrected chi connectivity index (χ4v) is 2.21. The van der Waals surface area contributed by atoms with Gasteiger partial charge in [-0.15, -0.1) is 0 Å². The van der Waals surface area contributed by atoms with Crippen molar-refractivity contribution in [2.24, 2.45) is 10.2 Å². The zero-order chi connectivity index (χ0) is 14.5. The molecule has 0 amide bonds. The van der Waals surface area contributed by atoms with Crippen LogP contribution in [0.15, 0.2) is 55.5 Å². The van der Waals surface area contributed by atoms with E-state index in [4.69, 9.17) is 0 Å². The van der Waals surface area contributed by atoms with Gasteiger partial charge in [0.15, 0.2) is 0 Å². The average molecular weight is 421 g/mol. The first kappa shape index (κ1) is 18.4. The van der Waals surface area contributed by atoms with Crippen LogP contribution >= 0.6 is 31.9 Å². The van der Waals surface area contributed by atoms with Gasteiger partial charge in [-0.2, -0.15) is 10.2 Å². The molecule has 21 heavy (non-hydrogen) atoms. The molecule has 2 aromatic rings. The van der Waals surface area contributed by atoms with Crippen molar-refractivity contribution >= 4 is 44.3 Å². The Kier molecular flexibility index (Phi) is 7.62. The molecular weight excluding hydrogens is 411 g/mol. The molecule has 0 bridgehead atoms. The van der Waals surface area contributed by atoms with E-state index in [1.807, 2.05) is 0 Å². The fraction of sp³-hybridized carbons (Fsp3) is 0. The summed E-state index contributed by atoms with van der Waals surface area (Å²) in [6.45, 7) is 0. The minimum absolute atomic E-state index is 0. The predicted octanol–water partition coefficient (Wildman–Crippen LogP) is 1.08. The molecule has 0 atom stereocenters. The van der Waals surface area contributed by atoms with Gasteiger partial charge in [-0.3, -0.25) is 0 Å². The zero-order valence-electron chi connectivity index (χ0n) is 11.2. The molecule has 102 valence electrons. The second kappa shape index (κ2) is 8.70. The van der Waals surface area contributed by atoms with Crippen LogP contribution in [0, 0.1) is 0 Å². The van der Waals surface area contributed by atoms with Gasteiger partial charge in [-0.1, -0.05) is 31.9 Å². The van der Waals surface area contributed by atoms with Crippen LogP contribution < -0.4 is 29.6 Å². The van der Waals surface area contributed by atoms with Crippen molar-refractivity contribution in [1.82, 2.24) is 0 Å². The number of rotatable bonds is 3. The van der Waals surface area contributed by atoms with Gasteiger partial charge in [0, 0.05) is 20.1 Å². The van der Waals surface area contributed by atoms with Gasteiger partial charge < -0.3 is 10.2 Å². The molecule has 0 heterocycles. The zero-order valence-corrected chi connectivity index (χ0v) is 16.3. The molecule has 0 saturated heterocycles. The quantitative estimate of drug-likeness (QED) is 0.443. The number of aromatic hydroxyl groups is 2. The maximum atomic E-state index is 9.62. The van der Waals surface area contributed by atoms with E-state index in [1.54, 1.807) is 36.4 Å². The summed E-state index contributed by atoms with van der Waals surface area (Å²) >= 11 is 6.62. The molecule has 7 heteroatoms. The van der Waals surface area contributed by atoms with Crippen molar-refractivity contribution in [2.75, 3.05) is 0 Å². The van der Waals surface area contributed by atoms with Crippen LogP contribution in [0.5, 0.6) is 11.5 Å². The topological polar surface area (TPSA) is 65.2 Å². The van der Waals surface area contributed by atoms with Gasteiger partial charge in [0.05, 0.1) is 12.4 Å². The summed E-state index contributed by atoms with van der Waals surface area (Å²) in [7, 11) is 0. The Labute approximate surface area is 161 Å². The van der Waals surface area contributed by atoms with Crippen LogP contribution in [-0.4, -0.2) is 22.6 Å². The van der Waals surface area contributed by atoms with E-state index in [9.17, 15) is 10.2 Å². The Bertz CT molecular complexity index is 631. The third kappa shape index (κ3) is 5.56. The molecule has 0 saturated carbocycles. The van der Waals surface area contributed by atoms with Crippen LogP contribution in [0.4, 0.5) is 0 Å². The first-order valence-corrected chi connectivity index (χ1v) is 7.18. The van der Waals surface area contributed by atoms with Gasteiger partial charge in [0.25, 0.3) is 0 Å². The van der Waals surface area contributed by atoms with Crippen molar-refractivity contribution in [3.63, 3.8) is 0 Å². The number of hydrogen-bond acceptors (Lipinski definition) is 4. The smallest absolute Gasteiger partial charge is 0.507 e. The van der Waals surface area contributed by atoms with Gasteiger partial charge in [-0.05, 0) is 36.4 Å². The van der Waals surface area contributed by atoms with E-state index in [-0.39, 0.29) is 41.1 Å². The minimum Gasteiger partial charge on any atom is -0.507 e. The summed E-state index contributed by atoms with van der Waals surface area (Å²) in [4.78, 5) is 0. The third-order valence-electron chi connectivity index (χ3n) is 2.44. The van der Waals surface area contributed by atoms with E-state index < -0.39 is 0 Å². The van der Waals surface area contributed by atoms with Crippen molar-refractivity contribution < 1.29 is 39.8 Å². The average Bonchev–Trinajstić information content (AvgIpc) is 2.42. The van der Waals surface area contributed by atoms with Crippen LogP contribution in [0.2, 0.25) is 0 Å². The largest absolute Gasteiger partial charge is 1.00 e. The number of phenols is 2. The molecule has 0 aliphatic rings.